The summed E-state index contributed by atoms with van der Waals surface area (Å²) in [5.74, 6) is 1.03. The van der Waals surface area contributed by atoms with Gasteiger partial charge in [0.2, 0.25) is 10.0 Å². The van der Waals surface area contributed by atoms with E-state index in [-0.39, 0.29) is 16.6 Å². The van der Waals surface area contributed by atoms with Crippen molar-refractivity contribution in [3.05, 3.63) is 39.6 Å². The highest BCUT2D eigenvalue weighted by Gasteiger charge is 2.27. The van der Waals surface area contributed by atoms with E-state index in [0.717, 1.165) is 11.1 Å². The summed E-state index contributed by atoms with van der Waals surface area (Å²) in [5.41, 5.74) is 1.69. The Hall–Kier alpha value is -2.13. The van der Waals surface area contributed by atoms with Gasteiger partial charge in [0.15, 0.2) is 0 Å². The van der Waals surface area contributed by atoms with Gasteiger partial charge in [0.1, 0.15) is 16.5 Å². The highest BCUT2D eigenvalue weighted by atomic mass is 32.2. The summed E-state index contributed by atoms with van der Waals surface area (Å²) in [6.45, 7) is 4.22. The van der Waals surface area contributed by atoms with Crippen molar-refractivity contribution in [3.63, 3.8) is 0 Å². The molecular weight excluding hydrogens is 356 g/mol. The van der Waals surface area contributed by atoms with Gasteiger partial charge in [-0.05, 0) is 49.9 Å². The number of sulfonamides is 1. The van der Waals surface area contributed by atoms with Gasteiger partial charge >= 0.3 is 5.69 Å². The maximum absolute atomic E-state index is 12.9. The monoisotopic (exact) mass is 380 g/mol. The lowest BCUT2D eigenvalue weighted by atomic mass is 10.1. The normalized spacial score (nSPS) is 17.6. The van der Waals surface area contributed by atoms with Crippen LogP contribution in [0.2, 0.25) is 0 Å². The van der Waals surface area contributed by atoms with Crippen LogP contribution < -0.4 is 15.1 Å². The third-order valence-corrected chi connectivity index (χ3v) is 6.44. The van der Waals surface area contributed by atoms with Gasteiger partial charge < -0.3 is 4.74 Å². The summed E-state index contributed by atoms with van der Waals surface area (Å²) in [6, 6.07) is 3.10. The van der Waals surface area contributed by atoms with Gasteiger partial charge in [0.25, 0.3) is 0 Å². The van der Waals surface area contributed by atoms with Crippen LogP contribution in [0.25, 0.3) is 0 Å². The zero-order valence-corrected chi connectivity index (χ0v) is 16.3. The van der Waals surface area contributed by atoms with E-state index < -0.39 is 10.0 Å². The Morgan fingerprint density at radius 3 is 2.62 bits per heavy atom. The Kier molecular flexibility index (Phi) is 4.94. The van der Waals surface area contributed by atoms with E-state index in [4.69, 9.17) is 4.74 Å². The first-order chi connectivity index (χ1) is 12.2. The van der Waals surface area contributed by atoms with Crippen molar-refractivity contribution >= 4 is 10.0 Å². The minimum atomic E-state index is -3.73. The topological polar surface area (TPSA) is 95.2 Å². The molecule has 1 aromatic carbocycles. The van der Waals surface area contributed by atoms with Gasteiger partial charge in [-0.25, -0.2) is 22.6 Å². The number of hydrogen-bond acceptors (Lipinski definition) is 5. The molecule has 1 unspecified atom stereocenters. The van der Waals surface area contributed by atoms with Crippen LogP contribution in [0, 0.1) is 13.8 Å². The lowest BCUT2D eigenvalue weighted by Crippen LogP contribution is -2.36. The van der Waals surface area contributed by atoms with E-state index in [0.29, 0.717) is 37.4 Å². The van der Waals surface area contributed by atoms with Crippen LogP contribution in [0.3, 0.4) is 0 Å². The molecule has 0 amide bonds. The zero-order valence-electron chi connectivity index (χ0n) is 15.4. The lowest BCUT2D eigenvalue weighted by Gasteiger charge is -2.18. The van der Waals surface area contributed by atoms with E-state index in [1.165, 1.54) is 11.8 Å². The second kappa shape index (κ2) is 6.88. The number of benzene rings is 1. The van der Waals surface area contributed by atoms with Crippen LogP contribution in [-0.4, -0.2) is 35.9 Å². The van der Waals surface area contributed by atoms with Crippen molar-refractivity contribution in [1.29, 1.82) is 0 Å². The lowest BCUT2D eigenvalue weighted by molar-refractivity contribution is 0.401. The predicted octanol–water partition coefficient (Wildman–Crippen LogP) is 0.891. The number of aryl methyl sites for hydroxylation is 4. The summed E-state index contributed by atoms with van der Waals surface area (Å²) in [4.78, 5) is 12.2. The molecule has 1 aromatic heterocycles. The van der Waals surface area contributed by atoms with Crippen LogP contribution in [-0.2, 0) is 30.0 Å². The van der Waals surface area contributed by atoms with Gasteiger partial charge in [0, 0.05) is 26.1 Å². The number of ether oxygens (including phenoxy) is 1. The molecule has 3 rings (SSSR count). The number of hydrogen-bond donors (Lipinski definition) is 1. The fraction of sp³-hybridized carbons (Fsp3) is 0.529. The van der Waals surface area contributed by atoms with Crippen LogP contribution in [0.15, 0.2) is 21.8 Å². The molecule has 1 atom stereocenters. The van der Waals surface area contributed by atoms with Crippen molar-refractivity contribution in [2.24, 2.45) is 7.05 Å². The Morgan fingerprint density at radius 2 is 1.92 bits per heavy atom. The average molecular weight is 380 g/mol. The van der Waals surface area contributed by atoms with Crippen LogP contribution in [0.5, 0.6) is 5.75 Å². The van der Waals surface area contributed by atoms with Crippen molar-refractivity contribution in [2.45, 2.75) is 50.6 Å². The van der Waals surface area contributed by atoms with E-state index in [2.05, 4.69) is 9.82 Å². The number of nitrogens with one attached hydrogen (secondary N) is 1. The minimum absolute atomic E-state index is 0.140. The quantitative estimate of drug-likeness (QED) is 0.850. The number of nitrogens with zero attached hydrogens (tertiary/aromatic N) is 3. The Bertz CT molecular complexity index is 991. The molecular formula is C17H24N4O4S. The molecule has 1 N–H and O–H groups in total. The van der Waals surface area contributed by atoms with Crippen LogP contribution >= 0.6 is 0 Å². The van der Waals surface area contributed by atoms with Gasteiger partial charge in [-0.15, -0.1) is 0 Å². The third-order valence-electron chi connectivity index (χ3n) is 4.89. The van der Waals surface area contributed by atoms with E-state index in [1.807, 2.05) is 13.8 Å². The van der Waals surface area contributed by atoms with E-state index >= 15 is 0 Å². The molecule has 0 spiro atoms. The SMILES string of the molecule is COc1cc(C)c(C)cc1S(=O)(=O)NC1CCc2nn(C)c(=O)n2CC1. The van der Waals surface area contributed by atoms with Crippen molar-refractivity contribution in [2.75, 3.05) is 7.11 Å². The summed E-state index contributed by atoms with van der Waals surface area (Å²) < 4.78 is 36.8. The molecule has 0 fully saturated rings. The first-order valence-corrected chi connectivity index (χ1v) is 10.0. The fourth-order valence-electron chi connectivity index (χ4n) is 3.23. The van der Waals surface area contributed by atoms with Gasteiger partial charge in [-0.1, -0.05) is 0 Å². The van der Waals surface area contributed by atoms with Gasteiger partial charge in [-0.3, -0.25) is 4.57 Å². The van der Waals surface area contributed by atoms with Crippen LogP contribution in [0.1, 0.15) is 29.8 Å². The molecule has 0 bridgehead atoms. The molecule has 2 aromatic rings. The number of rotatable bonds is 4. The van der Waals surface area contributed by atoms with Crippen molar-refractivity contribution in [1.82, 2.24) is 19.1 Å². The third kappa shape index (κ3) is 3.41. The molecule has 9 heteroatoms. The minimum Gasteiger partial charge on any atom is -0.495 e. The smallest absolute Gasteiger partial charge is 0.345 e. The maximum atomic E-state index is 12.9. The summed E-state index contributed by atoms with van der Waals surface area (Å²) in [6.07, 6.45) is 1.67. The Balaban J connectivity index is 1.83. The number of methoxy groups -OCH3 is 1. The first kappa shape index (κ1) is 18.7. The molecule has 26 heavy (non-hydrogen) atoms. The molecule has 0 saturated heterocycles. The molecule has 2 heterocycles. The van der Waals surface area contributed by atoms with Crippen LogP contribution in [0.4, 0.5) is 0 Å². The Morgan fingerprint density at radius 1 is 1.23 bits per heavy atom. The highest BCUT2D eigenvalue weighted by Crippen LogP contribution is 2.28. The largest absolute Gasteiger partial charge is 0.495 e. The predicted molar refractivity (Wildman–Crippen MR) is 97.0 cm³/mol. The standard InChI is InChI=1S/C17H24N4O4S/c1-11-9-14(25-4)15(10-12(11)2)26(23,24)19-13-5-6-16-18-20(3)17(22)21(16)8-7-13/h9-10,13,19H,5-8H2,1-4H3. The first-order valence-electron chi connectivity index (χ1n) is 8.53. The van der Waals surface area contributed by atoms with E-state index in [1.54, 1.807) is 23.7 Å². The molecule has 0 aliphatic carbocycles. The second-order valence-electron chi connectivity index (χ2n) is 6.71. The van der Waals surface area contributed by atoms with Gasteiger partial charge in [0.05, 0.1) is 7.11 Å². The average Bonchev–Trinajstić information content (AvgIpc) is 2.74. The molecule has 8 nitrogen and oxygen atoms in total. The summed E-state index contributed by atoms with van der Waals surface area (Å²) in [5, 5.41) is 4.22. The highest BCUT2D eigenvalue weighted by molar-refractivity contribution is 7.89. The second-order valence-corrected chi connectivity index (χ2v) is 8.39. The number of fused-ring (bicyclic) bond motifs is 1. The number of aromatic nitrogens is 3. The summed E-state index contributed by atoms with van der Waals surface area (Å²) >= 11 is 0. The molecule has 0 radical (unpaired) electrons. The zero-order chi connectivity index (χ0) is 19.1. The molecule has 1 aliphatic rings. The fourth-order valence-corrected chi connectivity index (χ4v) is 4.77. The van der Waals surface area contributed by atoms with Crippen molar-refractivity contribution < 1.29 is 13.2 Å². The molecule has 0 saturated carbocycles. The van der Waals surface area contributed by atoms with Gasteiger partial charge in [-0.2, -0.15) is 5.10 Å². The maximum Gasteiger partial charge on any atom is 0.345 e. The van der Waals surface area contributed by atoms with E-state index in [9.17, 15) is 13.2 Å². The Labute approximate surface area is 152 Å². The molecule has 1 aliphatic heterocycles. The molecule has 142 valence electrons. The van der Waals surface area contributed by atoms with Crippen molar-refractivity contribution in [3.8, 4) is 5.75 Å². The summed E-state index contributed by atoms with van der Waals surface area (Å²) in [7, 11) is -0.652.